The van der Waals surface area contributed by atoms with E-state index in [9.17, 15) is 4.79 Å². The van der Waals surface area contributed by atoms with Crippen molar-refractivity contribution in [3.05, 3.63) is 77.6 Å². The van der Waals surface area contributed by atoms with Gasteiger partial charge in [-0.25, -0.2) is 9.67 Å². The molecular formula is C24H24N4OS. The summed E-state index contributed by atoms with van der Waals surface area (Å²) in [5.74, 6) is 0.578. The minimum absolute atomic E-state index is 0.230. The Kier molecular flexibility index (Phi) is 5.32. The number of nitrogens with zero attached hydrogens (tertiary/aromatic N) is 4. The molecule has 0 radical (unpaired) electrons. The molecule has 0 saturated carbocycles. The van der Waals surface area contributed by atoms with Crippen molar-refractivity contribution in [2.75, 3.05) is 13.1 Å². The molecule has 5 nitrogen and oxygen atoms in total. The number of para-hydroxylation sites is 2. The lowest BCUT2D eigenvalue weighted by atomic mass is 9.98. The van der Waals surface area contributed by atoms with Crippen LogP contribution in [-0.4, -0.2) is 38.7 Å². The zero-order valence-electron chi connectivity index (χ0n) is 16.8. The van der Waals surface area contributed by atoms with Crippen LogP contribution in [0.4, 0.5) is 0 Å². The zero-order valence-corrected chi connectivity index (χ0v) is 17.6. The van der Waals surface area contributed by atoms with E-state index in [-0.39, 0.29) is 5.91 Å². The molecule has 1 aliphatic heterocycles. The van der Waals surface area contributed by atoms with Crippen LogP contribution in [0.15, 0.2) is 67.0 Å². The van der Waals surface area contributed by atoms with Crippen molar-refractivity contribution in [1.29, 1.82) is 0 Å². The van der Waals surface area contributed by atoms with Crippen LogP contribution in [0.1, 0.15) is 35.8 Å². The van der Waals surface area contributed by atoms with Gasteiger partial charge in [0.05, 0.1) is 27.1 Å². The van der Waals surface area contributed by atoms with Gasteiger partial charge in [0.25, 0.3) is 0 Å². The maximum Gasteiger partial charge on any atom is 0.222 e. The average Bonchev–Trinajstić information content (AvgIpc) is 3.45. The largest absolute Gasteiger partial charge is 0.342 e. The minimum atomic E-state index is 0.230. The normalized spacial score (nSPS) is 16.8. The highest BCUT2D eigenvalue weighted by molar-refractivity contribution is 7.18. The number of hydrogen-bond donors (Lipinski definition) is 0. The van der Waals surface area contributed by atoms with Crippen molar-refractivity contribution in [2.45, 2.75) is 31.6 Å². The van der Waals surface area contributed by atoms with Gasteiger partial charge in [-0.3, -0.25) is 4.79 Å². The Morgan fingerprint density at radius 1 is 1.10 bits per heavy atom. The molecule has 2 aromatic carbocycles. The van der Waals surface area contributed by atoms with Crippen LogP contribution < -0.4 is 0 Å². The summed E-state index contributed by atoms with van der Waals surface area (Å²) in [5.41, 5.74) is 3.19. The molecule has 1 amide bonds. The average molecular weight is 417 g/mol. The molecule has 1 fully saturated rings. The Balaban J connectivity index is 1.20. The summed E-state index contributed by atoms with van der Waals surface area (Å²) in [4.78, 5) is 19.7. The maximum atomic E-state index is 12.9. The van der Waals surface area contributed by atoms with E-state index in [1.165, 1.54) is 4.70 Å². The number of fused-ring (bicyclic) bond motifs is 1. The Morgan fingerprint density at radius 3 is 2.80 bits per heavy atom. The number of aryl methyl sites for hydroxylation is 1. The second-order valence-electron chi connectivity index (χ2n) is 7.83. The third kappa shape index (κ3) is 4.00. The first-order chi connectivity index (χ1) is 14.8. The third-order valence-electron chi connectivity index (χ3n) is 5.72. The van der Waals surface area contributed by atoms with Gasteiger partial charge in [-0.15, -0.1) is 11.3 Å². The van der Waals surface area contributed by atoms with E-state index in [0.29, 0.717) is 18.8 Å². The number of piperidine rings is 1. The second kappa shape index (κ2) is 8.40. The Hall–Kier alpha value is -2.99. The van der Waals surface area contributed by atoms with Crippen molar-refractivity contribution in [2.24, 2.45) is 0 Å². The van der Waals surface area contributed by atoms with Crippen LogP contribution in [0.3, 0.4) is 0 Å². The summed E-state index contributed by atoms with van der Waals surface area (Å²) >= 11 is 1.77. The molecule has 1 atom stereocenters. The number of carbonyl (C=O) groups excluding carboxylic acids is 1. The van der Waals surface area contributed by atoms with E-state index < -0.39 is 0 Å². The van der Waals surface area contributed by atoms with E-state index in [0.717, 1.165) is 47.7 Å². The van der Waals surface area contributed by atoms with Crippen molar-refractivity contribution >= 4 is 27.5 Å². The predicted octanol–water partition coefficient (Wildman–Crippen LogP) is 4.82. The van der Waals surface area contributed by atoms with Crippen LogP contribution in [0.25, 0.3) is 15.9 Å². The summed E-state index contributed by atoms with van der Waals surface area (Å²) in [6, 6.07) is 18.3. The molecule has 0 N–H and O–H groups in total. The minimum Gasteiger partial charge on any atom is -0.342 e. The molecule has 0 bridgehead atoms. The number of likely N-dealkylation sites (tertiary alicyclic amines) is 1. The predicted molar refractivity (Wildman–Crippen MR) is 120 cm³/mol. The molecule has 1 saturated heterocycles. The number of hydrogen-bond acceptors (Lipinski definition) is 4. The fourth-order valence-electron chi connectivity index (χ4n) is 4.09. The Labute approximate surface area is 180 Å². The molecule has 30 heavy (non-hydrogen) atoms. The highest BCUT2D eigenvalue weighted by Gasteiger charge is 2.26. The quantitative estimate of drug-likeness (QED) is 0.469. The van der Waals surface area contributed by atoms with Gasteiger partial charge in [-0.2, -0.15) is 5.10 Å². The second-order valence-corrected chi connectivity index (χ2v) is 8.89. The lowest BCUT2D eigenvalue weighted by Gasteiger charge is -2.32. The van der Waals surface area contributed by atoms with E-state index >= 15 is 0 Å². The summed E-state index contributed by atoms with van der Waals surface area (Å²) in [6.07, 6.45) is 7.26. The van der Waals surface area contributed by atoms with Crippen molar-refractivity contribution in [3.63, 3.8) is 0 Å². The molecule has 4 aromatic rings. The topological polar surface area (TPSA) is 51.0 Å². The summed E-state index contributed by atoms with van der Waals surface area (Å²) in [7, 11) is 0. The molecule has 3 heterocycles. The van der Waals surface area contributed by atoms with Gasteiger partial charge >= 0.3 is 0 Å². The summed E-state index contributed by atoms with van der Waals surface area (Å²) < 4.78 is 3.09. The summed E-state index contributed by atoms with van der Waals surface area (Å²) in [6.45, 7) is 1.63. The molecule has 2 aromatic heterocycles. The molecule has 1 unspecified atom stereocenters. The Morgan fingerprint density at radius 2 is 1.93 bits per heavy atom. The fraction of sp³-hybridized carbons (Fsp3) is 0.292. The van der Waals surface area contributed by atoms with Crippen LogP contribution in [0, 0.1) is 0 Å². The number of benzene rings is 2. The monoisotopic (exact) mass is 416 g/mol. The zero-order chi connectivity index (χ0) is 20.3. The number of thiazole rings is 1. The first kappa shape index (κ1) is 19.0. The standard InChI is InChI=1S/C24H24N4OS/c29-23(13-12-18-15-25-28(16-18)20-8-2-1-3-9-20)27-14-6-7-19(17-27)24-26-21-10-4-5-11-22(21)30-24/h1-5,8-11,15-16,19H,6-7,12-14,17H2. The molecule has 152 valence electrons. The van der Waals surface area contributed by atoms with Gasteiger partial charge in [-0.05, 0) is 49.1 Å². The highest BCUT2D eigenvalue weighted by atomic mass is 32.1. The highest BCUT2D eigenvalue weighted by Crippen LogP contribution is 2.33. The number of amides is 1. The van der Waals surface area contributed by atoms with Crippen LogP contribution in [0.5, 0.6) is 0 Å². The number of aromatic nitrogens is 3. The number of rotatable bonds is 5. The molecule has 0 aliphatic carbocycles. The molecule has 6 heteroatoms. The number of carbonyl (C=O) groups is 1. The first-order valence-corrected chi connectivity index (χ1v) is 11.3. The van der Waals surface area contributed by atoms with Gasteiger partial charge in [0.2, 0.25) is 5.91 Å². The van der Waals surface area contributed by atoms with Gasteiger partial charge in [0.15, 0.2) is 0 Å². The SMILES string of the molecule is O=C(CCc1cnn(-c2ccccc2)c1)N1CCCC(c2nc3ccccc3s2)C1. The first-order valence-electron chi connectivity index (χ1n) is 10.5. The van der Waals surface area contributed by atoms with Gasteiger partial charge in [0, 0.05) is 31.6 Å². The van der Waals surface area contributed by atoms with Gasteiger partial charge in [-0.1, -0.05) is 30.3 Å². The van der Waals surface area contributed by atoms with Crippen molar-refractivity contribution in [1.82, 2.24) is 19.7 Å². The lowest BCUT2D eigenvalue weighted by Crippen LogP contribution is -2.39. The van der Waals surface area contributed by atoms with E-state index in [1.54, 1.807) is 11.3 Å². The molecule has 1 aliphatic rings. The fourth-order valence-corrected chi connectivity index (χ4v) is 5.18. The smallest absolute Gasteiger partial charge is 0.222 e. The van der Waals surface area contributed by atoms with Crippen LogP contribution in [0.2, 0.25) is 0 Å². The third-order valence-corrected chi connectivity index (χ3v) is 6.92. The summed E-state index contributed by atoms with van der Waals surface area (Å²) in [5, 5.41) is 5.60. The van der Waals surface area contributed by atoms with Gasteiger partial charge in [0.1, 0.15) is 0 Å². The Bertz CT molecular complexity index is 1120. The molecular weight excluding hydrogens is 392 g/mol. The maximum absolute atomic E-state index is 12.9. The van der Waals surface area contributed by atoms with Crippen LogP contribution >= 0.6 is 11.3 Å². The molecule has 0 spiro atoms. The van der Waals surface area contributed by atoms with E-state index in [1.807, 2.05) is 58.4 Å². The van der Waals surface area contributed by atoms with E-state index in [2.05, 4.69) is 23.3 Å². The molecule has 5 rings (SSSR count). The lowest BCUT2D eigenvalue weighted by molar-refractivity contribution is -0.132. The van der Waals surface area contributed by atoms with Crippen molar-refractivity contribution in [3.8, 4) is 5.69 Å². The van der Waals surface area contributed by atoms with Crippen molar-refractivity contribution < 1.29 is 4.79 Å². The van der Waals surface area contributed by atoms with Gasteiger partial charge < -0.3 is 4.90 Å². The van der Waals surface area contributed by atoms with Crippen LogP contribution in [-0.2, 0) is 11.2 Å². The van der Waals surface area contributed by atoms with E-state index in [4.69, 9.17) is 4.98 Å².